The quantitative estimate of drug-likeness (QED) is 0.206. The van der Waals surface area contributed by atoms with E-state index in [-0.39, 0.29) is 4.90 Å². The highest BCUT2D eigenvalue weighted by atomic mass is 32.2. The van der Waals surface area contributed by atoms with E-state index < -0.39 is 16.7 Å². The van der Waals surface area contributed by atoms with E-state index in [9.17, 15) is 8.42 Å². The molecule has 0 heterocycles. The normalized spacial score (nSPS) is 13.5. The van der Waals surface area contributed by atoms with Crippen molar-refractivity contribution < 1.29 is 14.0 Å². The summed E-state index contributed by atoms with van der Waals surface area (Å²) in [6.07, 6.45) is 16.9. The molecule has 0 spiro atoms. The fraction of sp³-hybridized carbons (Fsp3) is 0.739. The number of aryl methyl sites for hydroxylation is 1. The molecule has 3 nitrogen and oxygen atoms in total. The molecule has 0 aliphatic rings. The summed E-state index contributed by atoms with van der Waals surface area (Å²) >= 11 is 0. The zero-order valence-electron chi connectivity index (χ0n) is 18.4. The lowest BCUT2D eigenvalue weighted by molar-refractivity contribution is 0.306. The SMILES string of the molecule is [3H][C@@H](CCCCCCCCCCCCCCC)OS(=O)(=O)c1ccc(C)cc1. The van der Waals surface area contributed by atoms with Gasteiger partial charge in [0, 0.05) is 0 Å². The van der Waals surface area contributed by atoms with E-state index in [0.717, 1.165) is 24.8 Å². The van der Waals surface area contributed by atoms with Gasteiger partial charge in [-0.3, -0.25) is 4.18 Å². The van der Waals surface area contributed by atoms with Gasteiger partial charge in [-0.25, -0.2) is 0 Å². The molecule has 27 heavy (non-hydrogen) atoms. The van der Waals surface area contributed by atoms with Gasteiger partial charge < -0.3 is 0 Å². The lowest BCUT2D eigenvalue weighted by Gasteiger charge is -2.06. The van der Waals surface area contributed by atoms with Gasteiger partial charge in [-0.1, -0.05) is 108 Å². The van der Waals surface area contributed by atoms with Gasteiger partial charge in [0.15, 0.2) is 0 Å². The van der Waals surface area contributed by atoms with Crippen molar-refractivity contribution in [2.24, 2.45) is 0 Å². The molecule has 0 bridgehead atoms. The van der Waals surface area contributed by atoms with Crippen LogP contribution in [0.4, 0.5) is 0 Å². The molecular formula is C23H40O3S. The molecule has 0 aliphatic carbocycles. The van der Waals surface area contributed by atoms with Crippen molar-refractivity contribution in [3.63, 3.8) is 0 Å². The molecule has 0 saturated heterocycles. The van der Waals surface area contributed by atoms with Crippen molar-refractivity contribution in [1.29, 1.82) is 0 Å². The largest absolute Gasteiger partial charge is 0.296 e. The first-order valence-corrected chi connectivity index (χ1v) is 12.3. The van der Waals surface area contributed by atoms with Crippen LogP contribution in [0.5, 0.6) is 0 Å². The maximum Gasteiger partial charge on any atom is 0.296 e. The summed E-state index contributed by atoms with van der Waals surface area (Å²) in [6, 6.07) is 6.54. The summed E-state index contributed by atoms with van der Waals surface area (Å²) in [5.74, 6) is 0. The van der Waals surface area contributed by atoms with Crippen LogP contribution in [-0.2, 0) is 14.3 Å². The first-order chi connectivity index (χ1) is 13.5. The first kappa shape index (κ1) is 22.4. The summed E-state index contributed by atoms with van der Waals surface area (Å²) in [5.41, 5.74) is 0.994. The lowest BCUT2D eigenvalue weighted by Crippen LogP contribution is -2.07. The number of hydrogen-bond acceptors (Lipinski definition) is 3. The maximum absolute atomic E-state index is 12.1. The van der Waals surface area contributed by atoms with E-state index in [2.05, 4.69) is 6.92 Å². The van der Waals surface area contributed by atoms with Gasteiger partial charge >= 0.3 is 0 Å². The summed E-state index contributed by atoms with van der Waals surface area (Å²) < 4.78 is 37.2. The molecule has 1 atom stereocenters. The highest BCUT2D eigenvalue weighted by Gasteiger charge is 2.14. The third kappa shape index (κ3) is 12.2. The van der Waals surface area contributed by atoms with Crippen molar-refractivity contribution in [2.75, 3.05) is 6.58 Å². The zero-order chi connectivity index (χ0) is 20.7. The number of rotatable bonds is 17. The van der Waals surface area contributed by atoms with Gasteiger partial charge in [-0.2, -0.15) is 8.42 Å². The third-order valence-corrected chi connectivity index (χ3v) is 6.17. The fourth-order valence-corrected chi connectivity index (χ4v) is 4.00. The highest BCUT2D eigenvalue weighted by Crippen LogP contribution is 2.15. The van der Waals surface area contributed by atoms with E-state index in [4.69, 9.17) is 5.55 Å². The van der Waals surface area contributed by atoms with Crippen LogP contribution >= 0.6 is 0 Å². The molecule has 0 N–H and O–H groups in total. The van der Waals surface area contributed by atoms with Crippen molar-refractivity contribution in [3.05, 3.63) is 29.8 Å². The summed E-state index contributed by atoms with van der Waals surface area (Å²) in [5, 5.41) is 0. The van der Waals surface area contributed by atoms with Crippen LogP contribution in [0.2, 0.25) is 0 Å². The Hall–Kier alpha value is -0.870. The van der Waals surface area contributed by atoms with Gasteiger partial charge in [0.25, 0.3) is 10.1 Å². The van der Waals surface area contributed by atoms with E-state index >= 15 is 0 Å². The minimum absolute atomic E-state index is 0.126. The Morgan fingerprint density at radius 1 is 0.741 bits per heavy atom. The van der Waals surface area contributed by atoms with E-state index in [1.807, 2.05) is 6.92 Å². The van der Waals surface area contributed by atoms with E-state index in [1.165, 1.54) is 76.3 Å². The second kappa shape index (κ2) is 15.1. The molecule has 0 unspecified atom stereocenters. The Morgan fingerprint density at radius 2 is 1.15 bits per heavy atom. The van der Waals surface area contributed by atoms with E-state index in [0.29, 0.717) is 6.42 Å². The van der Waals surface area contributed by atoms with Crippen LogP contribution in [0.25, 0.3) is 0 Å². The van der Waals surface area contributed by atoms with Crippen LogP contribution in [0.15, 0.2) is 29.2 Å². The third-order valence-electron chi connectivity index (χ3n) is 4.93. The zero-order valence-corrected chi connectivity index (χ0v) is 18.2. The average molecular weight is 399 g/mol. The molecule has 0 aromatic heterocycles. The first-order valence-electron chi connectivity index (χ1n) is 11.5. The summed E-state index contributed by atoms with van der Waals surface area (Å²) in [7, 11) is -3.83. The Morgan fingerprint density at radius 3 is 1.59 bits per heavy atom. The molecule has 0 radical (unpaired) electrons. The van der Waals surface area contributed by atoms with Crippen LogP contribution in [0, 0.1) is 6.92 Å². The molecule has 0 saturated carbocycles. The second-order valence-corrected chi connectivity index (χ2v) is 9.13. The Kier molecular flexibility index (Phi) is 12.5. The molecule has 4 heteroatoms. The second-order valence-electron chi connectivity index (χ2n) is 7.56. The smallest absolute Gasteiger partial charge is 0.266 e. The maximum atomic E-state index is 12.1. The van der Waals surface area contributed by atoms with Crippen LogP contribution in [0.3, 0.4) is 0 Å². The summed E-state index contributed by atoms with van der Waals surface area (Å²) in [4.78, 5) is 0.126. The monoisotopic (exact) mass is 398 g/mol. The Bertz CT molecular complexity index is 599. The Balaban J connectivity index is 2.00. The molecule has 156 valence electrons. The van der Waals surface area contributed by atoms with Gasteiger partial charge in [0.1, 0.15) is 0 Å². The fourth-order valence-electron chi connectivity index (χ4n) is 3.14. The summed E-state index contributed by atoms with van der Waals surface area (Å²) in [6.45, 7) is 3.14. The van der Waals surface area contributed by atoms with Gasteiger partial charge in [-0.15, -0.1) is 0 Å². The van der Waals surface area contributed by atoms with Gasteiger partial charge in [-0.05, 0) is 25.5 Å². The molecule has 1 aromatic rings. The number of hydrogen-bond donors (Lipinski definition) is 0. The van der Waals surface area contributed by atoms with E-state index in [1.54, 1.807) is 12.1 Å². The highest BCUT2D eigenvalue weighted by molar-refractivity contribution is 7.86. The predicted octanol–water partition coefficient (Wildman–Crippen LogP) is 7.18. The molecular weight excluding hydrogens is 356 g/mol. The van der Waals surface area contributed by atoms with Gasteiger partial charge in [0.2, 0.25) is 0 Å². The van der Waals surface area contributed by atoms with Crippen molar-refractivity contribution in [2.45, 2.75) is 109 Å². The van der Waals surface area contributed by atoms with Crippen LogP contribution in [-0.4, -0.2) is 15.0 Å². The lowest BCUT2D eigenvalue weighted by atomic mass is 10.0. The minimum atomic E-state index is -3.83. The molecule has 0 fully saturated rings. The number of unbranched alkanes of at least 4 members (excludes halogenated alkanes) is 12. The van der Waals surface area contributed by atoms with Crippen molar-refractivity contribution in [3.8, 4) is 0 Å². The van der Waals surface area contributed by atoms with Crippen LogP contribution in [0.1, 0.15) is 104 Å². The average Bonchev–Trinajstić information content (AvgIpc) is 2.65. The van der Waals surface area contributed by atoms with Crippen molar-refractivity contribution in [1.82, 2.24) is 0 Å². The molecule has 1 aromatic carbocycles. The minimum Gasteiger partial charge on any atom is -0.266 e. The van der Waals surface area contributed by atoms with Gasteiger partial charge in [0.05, 0.1) is 12.8 Å². The standard InChI is InChI=1S/C23H40O3S/c1-3-4-5-6-7-8-9-10-11-12-13-14-15-16-21-26-27(24,25)23-19-17-22(2)18-20-23/h17-20H,3-16,21H2,1-2H3/i21T/t21-/m0/s1. The van der Waals surface area contributed by atoms with Crippen molar-refractivity contribution >= 4 is 10.1 Å². The van der Waals surface area contributed by atoms with Crippen LogP contribution < -0.4 is 0 Å². The topological polar surface area (TPSA) is 43.4 Å². The molecule has 1 rings (SSSR count). The Labute approximate surface area is 169 Å². The molecule has 0 amide bonds. The molecule has 0 aliphatic heterocycles. The predicted molar refractivity (Wildman–Crippen MR) is 115 cm³/mol. The number of benzene rings is 1.